The molecule has 5 aromatic rings. The second kappa shape index (κ2) is 6.49. The Balaban J connectivity index is 1.92. The van der Waals surface area contributed by atoms with E-state index in [0.717, 1.165) is 26.6 Å². The van der Waals surface area contributed by atoms with E-state index in [1.54, 1.807) is 29.1 Å². The predicted octanol–water partition coefficient (Wildman–Crippen LogP) is 6.28. The molecule has 3 nitrogen and oxygen atoms in total. The fourth-order valence-corrected chi connectivity index (χ4v) is 3.80. The number of nitrogens with zero attached hydrogens (tertiary/aromatic N) is 3. The van der Waals surface area contributed by atoms with Crippen LogP contribution in [-0.2, 0) is 0 Å². The molecule has 0 atom stereocenters. The van der Waals surface area contributed by atoms with E-state index in [-0.39, 0.29) is 11.3 Å². The molecule has 0 aliphatic carbocycles. The highest BCUT2D eigenvalue weighted by atomic mass is 79.9. The quantitative estimate of drug-likeness (QED) is 0.326. The summed E-state index contributed by atoms with van der Waals surface area (Å²) in [4.78, 5) is 4.34. The minimum absolute atomic E-state index is 0.277. The molecule has 28 heavy (non-hydrogen) atoms. The summed E-state index contributed by atoms with van der Waals surface area (Å²) in [6, 6.07) is 18.7. The zero-order valence-corrected chi connectivity index (χ0v) is 16.0. The van der Waals surface area contributed by atoms with E-state index >= 15 is 0 Å². The first-order valence-corrected chi connectivity index (χ1v) is 9.39. The van der Waals surface area contributed by atoms with Crippen molar-refractivity contribution in [1.29, 1.82) is 0 Å². The van der Waals surface area contributed by atoms with Gasteiger partial charge in [0.25, 0.3) is 0 Å². The van der Waals surface area contributed by atoms with Gasteiger partial charge < -0.3 is 0 Å². The number of rotatable bonds is 2. The molecule has 3 aromatic carbocycles. The van der Waals surface area contributed by atoms with Crippen LogP contribution in [0.5, 0.6) is 0 Å². The van der Waals surface area contributed by atoms with Crippen LogP contribution in [0.1, 0.15) is 0 Å². The second-order valence-electron chi connectivity index (χ2n) is 6.40. The van der Waals surface area contributed by atoms with E-state index in [4.69, 9.17) is 5.10 Å². The van der Waals surface area contributed by atoms with Crippen LogP contribution >= 0.6 is 15.9 Å². The Bertz CT molecular complexity index is 1340. The molecule has 0 unspecified atom stereocenters. The molecular formula is C22H12BrF2N3. The van der Waals surface area contributed by atoms with Gasteiger partial charge in [0.15, 0.2) is 0 Å². The Morgan fingerprint density at radius 1 is 0.857 bits per heavy atom. The van der Waals surface area contributed by atoms with Crippen molar-refractivity contribution < 1.29 is 8.78 Å². The summed E-state index contributed by atoms with van der Waals surface area (Å²) in [5.74, 6) is -0.722. The number of pyridine rings is 1. The molecule has 0 amide bonds. The van der Waals surface area contributed by atoms with Crippen molar-refractivity contribution in [2.45, 2.75) is 0 Å². The van der Waals surface area contributed by atoms with Gasteiger partial charge in [-0.2, -0.15) is 5.10 Å². The first kappa shape index (κ1) is 17.0. The van der Waals surface area contributed by atoms with E-state index in [1.807, 2.05) is 30.3 Å². The normalized spacial score (nSPS) is 11.4. The number of para-hydroxylation sites is 1. The standard InChI is InChI=1S/C22H12BrF2N3/c23-14-4-1-3-13(11-14)20-18-12-26-21-17(5-2-6-19(21)25)22(18)28(27-20)16-9-7-15(24)8-10-16/h1-12H. The van der Waals surface area contributed by atoms with Crippen molar-refractivity contribution in [3.63, 3.8) is 0 Å². The summed E-state index contributed by atoms with van der Waals surface area (Å²) in [6.07, 6.45) is 1.64. The summed E-state index contributed by atoms with van der Waals surface area (Å²) >= 11 is 3.49. The smallest absolute Gasteiger partial charge is 0.149 e. The fraction of sp³-hybridized carbons (Fsp3) is 0. The lowest BCUT2D eigenvalue weighted by atomic mass is 10.1. The number of fused-ring (bicyclic) bond motifs is 3. The van der Waals surface area contributed by atoms with E-state index in [9.17, 15) is 8.78 Å². The van der Waals surface area contributed by atoms with E-state index in [0.29, 0.717) is 11.1 Å². The van der Waals surface area contributed by atoms with Gasteiger partial charge in [0.05, 0.1) is 11.2 Å². The highest BCUT2D eigenvalue weighted by Crippen LogP contribution is 2.35. The van der Waals surface area contributed by atoms with Gasteiger partial charge in [0, 0.05) is 27.0 Å². The highest BCUT2D eigenvalue weighted by molar-refractivity contribution is 9.10. The van der Waals surface area contributed by atoms with Crippen LogP contribution in [0.3, 0.4) is 0 Å². The Morgan fingerprint density at radius 3 is 2.43 bits per heavy atom. The zero-order chi connectivity index (χ0) is 19.3. The third kappa shape index (κ3) is 2.68. The maximum absolute atomic E-state index is 14.3. The zero-order valence-electron chi connectivity index (χ0n) is 14.4. The molecule has 0 radical (unpaired) electrons. The van der Waals surface area contributed by atoms with Gasteiger partial charge in [-0.15, -0.1) is 0 Å². The first-order chi connectivity index (χ1) is 13.6. The summed E-state index contributed by atoms with van der Waals surface area (Å²) < 4.78 is 30.4. The number of hydrogen-bond donors (Lipinski definition) is 0. The maximum Gasteiger partial charge on any atom is 0.149 e. The molecule has 0 saturated heterocycles. The fourth-order valence-electron chi connectivity index (χ4n) is 3.40. The van der Waals surface area contributed by atoms with Crippen LogP contribution in [0.4, 0.5) is 8.78 Å². The third-order valence-corrected chi connectivity index (χ3v) is 5.15. The summed E-state index contributed by atoms with van der Waals surface area (Å²) in [7, 11) is 0. The molecule has 0 aliphatic heterocycles. The molecule has 0 aliphatic rings. The van der Waals surface area contributed by atoms with E-state index in [2.05, 4.69) is 20.9 Å². The van der Waals surface area contributed by atoms with Crippen LogP contribution < -0.4 is 0 Å². The number of hydrogen-bond acceptors (Lipinski definition) is 2. The Hall–Kier alpha value is -3.12. The van der Waals surface area contributed by atoms with Crippen molar-refractivity contribution in [3.05, 3.63) is 89.0 Å². The van der Waals surface area contributed by atoms with Crippen molar-refractivity contribution in [1.82, 2.24) is 14.8 Å². The summed E-state index contributed by atoms with van der Waals surface area (Å²) in [6.45, 7) is 0. The van der Waals surface area contributed by atoms with Crippen molar-refractivity contribution in [2.75, 3.05) is 0 Å². The molecule has 136 valence electrons. The van der Waals surface area contributed by atoms with Crippen molar-refractivity contribution >= 4 is 37.7 Å². The minimum Gasteiger partial charge on any atom is -0.252 e. The Morgan fingerprint density at radius 2 is 1.64 bits per heavy atom. The van der Waals surface area contributed by atoms with Gasteiger partial charge in [0.1, 0.15) is 22.8 Å². The maximum atomic E-state index is 14.3. The van der Waals surface area contributed by atoms with Crippen LogP contribution in [0.15, 0.2) is 77.4 Å². The Labute approximate surface area is 167 Å². The van der Waals surface area contributed by atoms with Crippen LogP contribution in [0.25, 0.3) is 38.8 Å². The summed E-state index contributed by atoms with van der Waals surface area (Å²) in [5, 5.41) is 6.23. The number of halogens is 3. The largest absolute Gasteiger partial charge is 0.252 e. The summed E-state index contributed by atoms with van der Waals surface area (Å²) in [5.41, 5.74) is 3.31. The molecule has 0 fully saturated rings. The van der Waals surface area contributed by atoms with Crippen LogP contribution in [-0.4, -0.2) is 14.8 Å². The lowest BCUT2D eigenvalue weighted by Gasteiger charge is -2.06. The van der Waals surface area contributed by atoms with E-state index < -0.39 is 5.82 Å². The van der Waals surface area contributed by atoms with Gasteiger partial charge in [-0.25, -0.2) is 13.5 Å². The number of aromatic nitrogens is 3. The van der Waals surface area contributed by atoms with Gasteiger partial charge in [-0.1, -0.05) is 40.2 Å². The van der Waals surface area contributed by atoms with Crippen molar-refractivity contribution in [2.24, 2.45) is 0 Å². The minimum atomic E-state index is -0.393. The second-order valence-corrected chi connectivity index (χ2v) is 7.32. The van der Waals surface area contributed by atoms with E-state index in [1.165, 1.54) is 18.2 Å². The Kier molecular flexibility index (Phi) is 3.94. The van der Waals surface area contributed by atoms with Crippen LogP contribution in [0, 0.1) is 11.6 Å². The average Bonchev–Trinajstić information content (AvgIpc) is 3.09. The average molecular weight is 436 g/mol. The molecule has 0 spiro atoms. The van der Waals surface area contributed by atoms with Gasteiger partial charge >= 0.3 is 0 Å². The molecule has 5 rings (SSSR count). The molecular weight excluding hydrogens is 424 g/mol. The SMILES string of the molecule is Fc1ccc(-n2nc(-c3cccc(Br)c3)c3cnc4c(F)cccc4c32)cc1. The molecule has 2 heterocycles. The number of benzene rings is 3. The van der Waals surface area contributed by atoms with Crippen LogP contribution in [0.2, 0.25) is 0 Å². The molecule has 0 bridgehead atoms. The molecule has 0 N–H and O–H groups in total. The van der Waals surface area contributed by atoms with Gasteiger partial charge in [-0.05, 0) is 42.5 Å². The topological polar surface area (TPSA) is 30.7 Å². The van der Waals surface area contributed by atoms with Crippen molar-refractivity contribution in [3.8, 4) is 16.9 Å². The lowest BCUT2D eigenvalue weighted by Crippen LogP contribution is -1.98. The lowest BCUT2D eigenvalue weighted by molar-refractivity contribution is 0.627. The van der Waals surface area contributed by atoms with Gasteiger partial charge in [-0.3, -0.25) is 4.98 Å². The predicted molar refractivity (Wildman–Crippen MR) is 109 cm³/mol. The highest BCUT2D eigenvalue weighted by Gasteiger charge is 2.18. The third-order valence-electron chi connectivity index (χ3n) is 4.66. The molecule has 2 aromatic heterocycles. The first-order valence-electron chi connectivity index (χ1n) is 8.59. The molecule has 6 heteroatoms. The molecule has 0 saturated carbocycles. The monoisotopic (exact) mass is 435 g/mol. The van der Waals surface area contributed by atoms with Gasteiger partial charge in [0.2, 0.25) is 0 Å².